The Morgan fingerprint density at radius 1 is 1.69 bits per heavy atom. The van der Waals surface area contributed by atoms with Crippen LogP contribution < -0.4 is 0 Å². The Bertz CT molecular complexity index is 330. The summed E-state index contributed by atoms with van der Waals surface area (Å²) in [6.07, 6.45) is 7.24. The molecule has 0 aromatic rings. The highest BCUT2D eigenvalue weighted by atomic mass is 35.5. The second kappa shape index (κ2) is 3.73. The lowest BCUT2D eigenvalue weighted by Gasteiger charge is -2.18. The number of nitrogens with zero attached hydrogens (tertiary/aromatic N) is 1. The fourth-order valence-electron chi connectivity index (χ4n) is 0.904. The number of carbonyl (C=O) groups is 1. The molecular formula is C8H5Cl2NO2. The van der Waals surface area contributed by atoms with Crippen LogP contribution in [-0.4, -0.2) is 17.0 Å². The van der Waals surface area contributed by atoms with Crippen molar-refractivity contribution >= 4 is 29.1 Å². The van der Waals surface area contributed by atoms with Crippen molar-refractivity contribution in [2.45, 2.75) is 6.23 Å². The Labute approximate surface area is 85.5 Å². The third-order valence-corrected chi connectivity index (χ3v) is 2.32. The lowest BCUT2D eigenvalue weighted by atomic mass is 10.5. The van der Waals surface area contributed by atoms with Crippen LogP contribution in [0.2, 0.25) is 0 Å². The predicted molar refractivity (Wildman–Crippen MR) is 49.5 cm³/mol. The van der Waals surface area contributed by atoms with Crippen LogP contribution in [0, 0.1) is 12.5 Å². The number of hydrogen-bond acceptors (Lipinski definition) is 2. The third kappa shape index (κ3) is 1.51. The van der Waals surface area contributed by atoms with E-state index < -0.39 is 12.1 Å². The van der Waals surface area contributed by atoms with Gasteiger partial charge in [0, 0.05) is 6.20 Å². The first-order valence-electron chi connectivity index (χ1n) is 3.25. The molecule has 0 radical (unpaired) electrons. The van der Waals surface area contributed by atoms with Crippen molar-refractivity contribution in [2.24, 2.45) is 0 Å². The topological polar surface area (TPSA) is 29.5 Å². The van der Waals surface area contributed by atoms with Crippen LogP contribution in [0.4, 0.5) is 0 Å². The van der Waals surface area contributed by atoms with E-state index in [1.165, 1.54) is 6.20 Å². The second-order valence-electron chi connectivity index (χ2n) is 2.14. The minimum Gasteiger partial charge on any atom is -0.415 e. The number of rotatable bonds is 2. The summed E-state index contributed by atoms with van der Waals surface area (Å²) in [6.45, 7) is 3.41. The fraction of sp³-hybridized carbons (Fsp3) is 0.125. The van der Waals surface area contributed by atoms with Crippen LogP contribution in [0.1, 0.15) is 0 Å². The molecule has 3 nitrogen and oxygen atoms in total. The molecule has 1 amide bonds. The van der Waals surface area contributed by atoms with Crippen LogP contribution in [-0.2, 0) is 9.53 Å². The van der Waals surface area contributed by atoms with E-state index in [1.54, 1.807) is 0 Å². The van der Waals surface area contributed by atoms with E-state index in [1.807, 2.05) is 6.11 Å². The summed E-state index contributed by atoms with van der Waals surface area (Å²) in [5, 5.41) is -0.0219. The molecule has 0 aromatic carbocycles. The maximum absolute atomic E-state index is 11.3. The summed E-state index contributed by atoms with van der Waals surface area (Å²) in [4.78, 5) is 12.4. The van der Waals surface area contributed by atoms with Gasteiger partial charge in [-0.3, -0.25) is 9.69 Å². The van der Waals surface area contributed by atoms with E-state index in [-0.39, 0.29) is 10.1 Å². The Hall–Kier alpha value is -1.11. The highest BCUT2D eigenvalue weighted by Gasteiger charge is 2.37. The molecule has 0 bridgehead atoms. The number of terminal acetylenes is 1. The molecule has 0 aliphatic carbocycles. The van der Waals surface area contributed by atoms with Crippen molar-refractivity contribution in [3.8, 4) is 12.5 Å². The Balaban J connectivity index is 3.01. The molecule has 1 heterocycles. The van der Waals surface area contributed by atoms with Crippen molar-refractivity contribution in [1.29, 1.82) is 0 Å². The molecular weight excluding hydrogens is 213 g/mol. The number of ether oxygens (including phenoxy) is 1. The maximum atomic E-state index is 11.3. The van der Waals surface area contributed by atoms with Crippen LogP contribution in [0.15, 0.2) is 22.8 Å². The van der Waals surface area contributed by atoms with E-state index in [4.69, 9.17) is 34.4 Å². The first-order valence-corrected chi connectivity index (χ1v) is 4.00. The second-order valence-corrected chi connectivity index (χ2v) is 2.93. The minimum absolute atomic E-state index is 0.0736. The summed E-state index contributed by atoms with van der Waals surface area (Å²) >= 11 is 11.3. The summed E-state index contributed by atoms with van der Waals surface area (Å²) in [6, 6.07) is 0. The van der Waals surface area contributed by atoms with Gasteiger partial charge in [0.05, 0.1) is 0 Å². The molecule has 1 rings (SSSR count). The molecule has 1 aliphatic rings. The molecule has 5 heteroatoms. The van der Waals surface area contributed by atoms with Gasteiger partial charge in [0.15, 0.2) is 0 Å². The van der Waals surface area contributed by atoms with Crippen LogP contribution >= 0.6 is 23.2 Å². The quantitative estimate of drug-likeness (QED) is 0.658. The SMILES string of the molecule is C#COC1C(Cl)=C(Cl)C(=O)N1C=C. The zero-order valence-corrected chi connectivity index (χ0v) is 7.97. The first-order chi connectivity index (χ1) is 6.13. The number of amides is 1. The lowest BCUT2D eigenvalue weighted by molar-refractivity contribution is -0.127. The van der Waals surface area contributed by atoms with E-state index in [0.29, 0.717) is 0 Å². The van der Waals surface area contributed by atoms with Crippen molar-refractivity contribution < 1.29 is 9.53 Å². The first kappa shape index (κ1) is 9.97. The highest BCUT2D eigenvalue weighted by Crippen LogP contribution is 2.31. The van der Waals surface area contributed by atoms with Crippen LogP contribution in [0.5, 0.6) is 0 Å². The van der Waals surface area contributed by atoms with Crippen molar-refractivity contribution in [2.75, 3.05) is 0 Å². The highest BCUT2D eigenvalue weighted by molar-refractivity contribution is 6.49. The zero-order chi connectivity index (χ0) is 10.0. The molecule has 0 fully saturated rings. The summed E-state index contributed by atoms with van der Waals surface area (Å²) < 4.78 is 4.75. The van der Waals surface area contributed by atoms with Crippen molar-refractivity contribution in [3.63, 3.8) is 0 Å². The zero-order valence-electron chi connectivity index (χ0n) is 6.46. The number of halogens is 2. The van der Waals surface area contributed by atoms with Gasteiger partial charge in [-0.15, -0.1) is 0 Å². The Morgan fingerprint density at radius 3 is 2.77 bits per heavy atom. The Kier molecular flexibility index (Phi) is 2.86. The molecule has 0 saturated heterocycles. The molecule has 0 saturated carbocycles. The number of hydrogen-bond donors (Lipinski definition) is 0. The van der Waals surface area contributed by atoms with Gasteiger partial charge in [0.2, 0.25) is 6.23 Å². The normalized spacial score (nSPS) is 21.8. The third-order valence-electron chi connectivity index (χ3n) is 1.48. The van der Waals surface area contributed by atoms with Gasteiger partial charge in [-0.2, -0.15) is 0 Å². The summed E-state index contributed by atoms with van der Waals surface area (Å²) in [5.41, 5.74) is 0. The average Bonchev–Trinajstić information content (AvgIpc) is 2.32. The van der Waals surface area contributed by atoms with Crippen molar-refractivity contribution in [1.82, 2.24) is 4.90 Å². The van der Waals surface area contributed by atoms with Gasteiger partial charge in [0.1, 0.15) is 16.2 Å². The largest absolute Gasteiger partial charge is 0.415 e. The van der Waals surface area contributed by atoms with Crippen molar-refractivity contribution in [3.05, 3.63) is 22.8 Å². The van der Waals surface area contributed by atoms with E-state index in [9.17, 15) is 4.79 Å². The predicted octanol–water partition coefficient (Wildman–Crippen LogP) is 1.59. The molecule has 13 heavy (non-hydrogen) atoms. The monoisotopic (exact) mass is 217 g/mol. The lowest BCUT2D eigenvalue weighted by Crippen LogP contribution is -2.30. The van der Waals surface area contributed by atoms with Crippen LogP contribution in [0.25, 0.3) is 0 Å². The molecule has 0 aromatic heterocycles. The molecule has 0 spiro atoms. The summed E-state index contributed by atoms with van der Waals surface area (Å²) in [7, 11) is 0. The molecule has 1 unspecified atom stereocenters. The van der Waals surface area contributed by atoms with E-state index in [2.05, 4.69) is 6.58 Å². The standard InChI is InChI=1S/C8H5Cl2NO2/c1-3-11-7(12)5(9)6(10)8(11)13-4-2/h2-3,8H,1H2. The van der Waals surface area contributed by atoms with Gasteiger partial charge >= 0.3 is 0 Å². The van der Waals surface area contributed by atoms with E-state index >= 15 is 0 Å². The minimum atomic E-state index is -0.843. The van der Waals surface area contributed by atoms with Gasteiger partial charge in [-0.25, -0.2) is 0 Å². The average molecular weight is 218 g/mol. The van der Waals surface area contributed by atoms with Gasteiger partial charge in [-0.05, 0) is 0 Å². The molecule has 1 aliphatic heterocycles. The van der Waals surface area contributed by atoms with Gasteiger partial charge in [-0.1, -0.05) is 36.2 Å². The molecule has 0 N–H and O–H groups in total. The van der Waals surface area contributed by atoms with Gasteiger partial charge < -0.3 is 4.74 Å². The van der Waals surface area contributed by atoms with Crippen LogP contribution in [0.3, 0.4) is 0 Å². The number of carbonyl (C=O) groups excluding carboxylic acids is 1. The maximum Gasteiger partial charge on any atom is 0.273 e. The van der Waals surface area contributed by atoms with E-state index in [0.717, 1.165) is 4.90 Å². The molecule has 1 atom stereocenters. The molecule has 68 valence electrons. The summed E-state index contributed by atoms with van der Waals surface area (Å²) in [5.74, 6) is -0.470. The smallest absolute Gasteiger partial charge is 0.273 e. The fourth-order valence-corrected chi connectivity index (χ4v) is 1.33. The Morgan fingerprint density at radius 2 is 2.31 bits per heavy atom. The van der Waals surface area contributed by atoms with Gasteiger partial charge in [0.25, 0.3) is 5.91 Å².